The van der Waals surface area contributed by atoms with Crippen molar-refractivity contribution in [3.05, 3.63) is 47.5 Å². The van der Waals surface area contributed by atoms with Gasteiger partial charge in [0.2, 0.25) is 0 Å². The molecule has 0 radical (unpaired) electrons. The Kier molecular flexibility index (Phi) is 6.65. The molecule has 2 N–H and O–H groups in total. The van der Waals surface area contributed by atoms with Crippen molar-refractivity contribution >= 4 is 5.96 Å². The highest BCUT2D eigenvalue weighted by molar-refractivity contribution is 5.80. The number of piperidine rings is 1. The van der Waals surface area contributed by atoms with Crippen LogP contribution in [-0.2, 0) is 6.18 Å². The summed E-state index contributed by atoms with van der Waals surface area (Å²) in [5, 5.41) is 6.86. The molecule has 1 fully saturated rings. The molecule has 1 aromatic carbocycles. The highest BCUT2D eigenvalue weighted by atomic mass is 19.4. The lowest BCUT2D eigenvalue weighted by Crippen LogP contribution is -2.47. The van der Waals surface area contributed by atoms with Gasteiger partial charge < -0.3 is 10.6 Å². The third kappa shape index (κ3) is 5.07. The summed E-state index contributed by atoms with van der Waals surface area (Å²) in [6, 6.07) is 6.10. The van der Waals surface area contributed by atoms with Crippen LogP contribution in [0.4, 0.5) is 13.2 Å². The third-order valence-corrected chi connectivity index (χ3v) is 5.69. The van der Waals surface area contributed by atoms with Gasteiger partial charge in [-0.2, -0.15) is 13.2 Å². The number of hydrogen-bond donors (Lipinski definition) is 2. The van der Waals surface area contributed by atoms with E-state index < -0.39 is 11.7 Å². The van der Waals surface area contributed by atoms with Gasteiger partial charge in [0, 0.05) is 25.7 Å². The quantitative estimate of drug-likeness (QED) is 0.461. The zero-order chi connectivity index (χ0) is 20.1. The number of benzene rings is 1. The number of rotatable bonds is 4. The van der Waals surface area contributed by atoms with Crippen LogP contribution in [0.25, 0.3) is 0 Å². The van der Waals surface area contributed by atoms with Gasteiger partial charge in [0.05, 0.1) is 5.56 Å². The minimum absolute atomic E-state index is 0.0924. The van der Waals surface area contributed by atoms with Gasteiger partial charge in [0.25, 0.3) is 0 Å². The normalized spacial score (nSPS) is 24.5. The largest absolute Gasteiger partial charge is 0.416 e. The summed E-state index contributed by atoms with van der Waals surface area (Å²) in [5.74, 6) is 1.09. The SMILES string of the molecule is CN=C(NCC1CCCN(C)C1c1ccc(C(F)(F)F)cc1)NC1CC=CC1. The van der Waals surface area contributed by atoms with Crippen molar-refractivity contribution in [1.29, 1.82) is 0 Å². The van der Waals surface area contributed by atoms with E-state index in [9.17, 15) is 13.2 Å². The summed E-state index contributed by atoms with van der Waals surface area (Å²) in [6.45, 7) is 1.68. The number of nitrogens with one attached hydrogen (secondary N) is 2. The van der Waals surface area contributed by atoms with Crippen LogP contribution in [0.1, 0.15) is 42.9 Å². The summed E-state index contributed by atoms with van der Waals surface area (Å²) in [5.41, 5.74) is 0.337. The van der Waals surface area contributed by atoms with Crippen LogP contribution in [0.15, 0.2) is 41.4 Å². The Labute approximate surface area is 164 Å². The maximum atomic E-state index is 12.9. The van der Waals surface area contributed by atoms with Crippen molar-refractivity contribution in [2.45, 2.75) is 43.9 Å². The first-order chi connectivity index (χ1) is 13.4. The van der Waals surface area contributed by atoms with Crippen LogP contribution >= 0.6 is 0 Å². The van der Waals surface area contributed by atoms with Gasteiger partial charge in [-0.05, 0) is 62.9 Å². The fourth-order valence-corrected chi connectivity index (χ4v) is 4.22. The van der Waals surface area contributed by atoms with E-state index in [1.807, 2.05) is 7.05 Å². The molecule has 1 aliphatic carbocycles. The number of aliphatic imine (C=N–C) groups is 1. The Bertz CT molecular complexity index is 689. The lowest BCUT2D eigenvalue weighted by Gasteiger charge is -2.40. The molecule has 1 heterocycles. The van der Waals surface area contributed by atoms with Crippen LogP contribution in [0, 0.1) is 5.92 Å². The third-order valence-electron chi connectivity index (χ3n) is 5.69. The van der Waals surface area contributed by atoms with Gasteiger partial charge in [-0.3, -0.25) is 9.89 Å². The lowest BCUT2D eigenvalue weighted by molar-refractivity contribution is -0.137. The zero-order valence-electron chi connectivity index (χ0n) is 16.5. The van der Waals surface area contributed by atoms with Crippen molar-refractivity contribution in [3.8, 4) is 0 Å². The van der Waals surface area contributed by atoms with Gasteiger partial charge >= 0.3 is 6.18 Å². The second kappa shape index (κ2) is 8.99. The smallest absolute Gasteiger partial charge is 0.356 e. The van der Waals surface area contributed by atoms with Crippen LogP contribution in [-0.4, -0.2) is 44.1 Å². The molecule has 0 spiro atoms. The molecule has 3 rings (SSSR count). The fraction of sp³-hybridized carbons (Fsp3) is 0.571. The molecule has 0 aromatic heterocycles. The molecule has 7 heteroatoms. The number of guanidine groups is 1. The first-order valence-electron chi connectivity index (χ1n) is 9.88. The Morgan fingerprint density at radius 1 is 1.18 bits per heavy atom. The van der Waals surface area contributed by atoms with E-state index in [0.717, 1.165) is 50.3 Å². The minimum atomic E-state index is -4.30. The van der Waals surface area contributed by atoms with Gasteiger partial charge in [-0.25, -0.2) is 0 Å². The van der Waals surface area contributed by atoms with Crippen molar-refractivity contribution in [1.82, 2.24) is 15.5 Å². The van der Waals surface area contributed by atoms with Crippen LogP contribution in [0.3, 0.4) is 0 Å². The summed E-state index contributed by atoms with van der Waals surface area (Å²) >= 11 is 0. The second-order valence-corrected chi connectivity index (χ2v) is 7.68. The van der Waals surface area contributed by atoms with E-state index in [1.165, 1.54) is 12.1 Å². The molecule has 154 valence electrons. The maximum absolute atomic E-state index is 12.9. The van der Waals surface area contributed by atoms with Crippen molar-refractivity contribution < 1.29 is 13.2 Å². The van der Waals surface area contributed by atoms with E-state index >= 15 is 0 Å². The molecule has 1 aliphatic heterocycles. The summed E-state index contributed by atoms with van der Waals surface area (Å²) < 4.78 is 38.7. The van der Waals surface area contributed by atoms with E-state index in [2.05, 4.69) is 32.7 Å². The first-order valence-corrected chi connectivity index (χ1v) is 9.88. The van der Waals surface area contributed by atoms with Gasteiger partial charge in [-0.1, -0.05) is 24.3 Å². The number of alkyl halides is 3. The average molecular weight is 394 g/mol. The number of hydrogen-bond acceptors (Lipinski definition) is 2. The molecular weight excluding hydrogens is 365 g/mol. The summed E-state index contributed by atoms with van der Waals surface area (Å²) in [7, 11) is 3.81. The van der Waals surface area contributed by atoms with Crippen molar-refractivity contribution in [3.63, 3.8) is 0 Å². The lowest BCUT2D eigenvalue weighted by atomic mass is 9.84. The number of halogens is 3. The molecule has 2 unspecified atom stereocenters. The highest BCUT2D eigenvalue weighted by Crippen LogP contribution is 2.36. The van der Waals surface area contributed by atoms with E-state index in [4.69, 9.17) is 0 Å². The molecule has 0 saturated carbocycles. The Morgan fingerprint density at radius 2 is 1.86 bits per heavy atom. The Balaban J connectivity index is 1.66. The molecule has 1 aromatic rings. The Hall–Kier alpha value is -2.02. The van der Waals surface area contributed by atoms with Gasteiger partial charge in [0.1, 0.15) is 0 Å². The fourth-order valence-electron chi connectivity index (χ4n) is 4.22. The average Bonchev–Trinajstić information content (AvgIpc) is 3.17. The van der Waals surface area contributed by atoms with E-state index in [1.54, 1.807) is 19.2 Å². The van der Waals surface area contributed by atoms with Gasteiger partial charge in [0.15, 0.2) is 5.96 Å². The van der Waals surface area contributed by atoms with Crippen molar-refractivity contribution in [2.24, 2.45) is 10.9 Å². The summed E-state index contributed by atoms with van der Waals surface area (Å²) in [4.78, 5) is 6.56. The first kappa shape index (κ1) is 20.7. The molecular formula is C21H29F3N4. The van der Waals surface area contributed by atoms with E-state index in [0.29, 0.717) is 12.0 Å². The number of nitrogens with zero attached hydrogens (tertiary/aromatic N) is 2. The zero-order valence-corrected chi connectivity index (χ0v) is 16.5. The molecule has 0 bridgehead atoms. The molecule has 1 saturated heterocycles. The van der Waals surface area contributed by atoms with Crippen LogP contribution < -0.4 is 10.6 Å². The minimum Gasteiger partial charge on any atom is -0.356 e. The number of likely N-dealkylation sites (tertiary alicyclic amines) is 1. The topological polar surface area (TPSA) is 39.7 Å². The second-order valence-electron chi connectivity index (χ2n) is 7.68. The molecule has 4 nitrogen and oxygen atoms in total. The maximum Gasteiger partial charge on any atom is 0.416 e. The van der Waals surface area contributed by atoms with Gasteiger partial charge in [-0.15, -0.1) is 0 Å². The standard InChI is InChI=1S/C21H29F3N4/c1-25-20(27-18-7-3-4-8-18)26-14-16-6-5-13-28(2)19(16)15-9-11-17(12-10-15)21(22,23)24/h3-4,9-12,16,18-19H,5-8,13-14H2,1-2H3,(H2,25,26,27). The Morgan fingerprint density at radius 3 is 2.46 bits per heavy atom. The predicted octanol–water partition coefficient (Wildman–Crippen LogP) is 3.97. The molecule has 28 heavy (non-hydrogen) atoms. The molecule has 2 atom stereocenters. The van der Waals surface area contributed by atoms with E-state index in [-0.39, 0.29) is 6.04 Å². The van der Waals surface area contributed by atoms with Crippen molar-refractivity contribution in [2.75, 3.05) is 27.2 Å². The summed E-state index contributed by atoms with van der Waals surface area (Å²) in [6.07, 6.45) is 4.15. The monoisotopic (exact) mass is 394 g/mol. The molecule has 0 amide bonds. The predicted molar refractivity (Wildman–Crippen MR) is 106 cm³/mol. The van der Waals surface area contributed by atoms with Crippen LogP contribution in [0.2, 0.25) is 0 Å². The highest BCUT2D eigenvalue weighted by Gasteiger charge is 2.33. The van der Waals surface area contributed by atoms with Crippen LogP contribution in [0.5, 0.6) is 0 Å². The molecule has 2 aliphatic rings.